The number of ether oxygens (including phenoxy) is 1. The van der Waals surface area contributed by atoms with Crippen LogP contribution in [0, 0.1) is 13.8 Å². The maximum absolute atomic E-state index is 13.4. The summed E-state index contributed by atoms with van der Waals surface area (Å²) in [6, 6.07) is 16.2. The normalized spacial score (nSPS) is 14.8. The van der Waals surface area contributed by atoms with E-state index in [1.165, 1.54) is 6.08 Å². The van der Waals surface area contributed by atoms with Gasteiger partial charge >= 0.3 is 6.03 Å². The molecule has 1 saturated heterocycles. The molecule has 4 amide bonds. The van der Waals surface area contributed by atoms with E-state index in [1.807, 2.05) is 26.0 Å². The number of amides is 4. The third-order valence-electron chi connectivity index (χ3n) is 6.17. The number of nitrogens with zero attached hydrogens (tertiary/aromatic N) is 1. The van der Waals surface area contributed by atoms with Crippen molar-refractivity contribution in [3.63, 3.8) is 0 Å². The van der Waals surface area contributed by atoms with Crippen LogP contribution in [0.1, 0.15) is 47.2 Å². The second-order valence-corrected chi connectivity index (χ2v) is 9.43. The number of hydrogen-bond acceptors (Lipinski definition) is 4. The minimum atomic E-state index is -0.773. The molecule has 0 aliphatic carbocycles. The summed E-state index contributed by atoms with van der Waals surface area (Å²) in [6.45, 7) is 8.34. The molecule has 1 heterocycles. The standard InChI is InChI=1S/C30H29ClN2O4/c1-5-22-9-7-8-10-26(22)33-29(35)24(28(34)32-30(33)36)15-21-16-25(31)23(27(17-21)37-6-2)14-20-12-18(3)11-19(4)13-20/h7-13,15-17H,5-6,14H2,1-4H3,(H,32,34,36)/b24-15-. The lowest BCUT2D eigenvalue weighted by Crippen LogP contribution is -2.54. The molecule has 0 saturated carbocycles. The van der Waals surface area contributed by atoms with E-state index in [-0.39, 0.29) is 5.57 Å². The van der Waals surface area contributed by atoms with Gasteiger partial charge in [-0.15, -0.1) is 0 Å². The Morgan fingerprint density at radius 3 is 2.35 bits per heavy atom. The Balaban J connectivity index is 1.74. The molecule has 7 heteroatoms. The van der Waals surface area contributed by atoms with E-state index >= 15 is 0 Å². The predicted octanol–water partition coefficient (Wildman–Crippen LogP) is 6.18. The van der Waals surface area contributed by atoms with Gasteiger partial charge in [-0.25, -0.2) is 9.69 Å². The zero-order chi connectivity index (χ0) is 26.7. The Labute approximate surface area is 221 Å². The Bertz CT molecular complexity index is 1410. The number of para-hydroxylation sites is 1. The number of carbonyl (C=O) groups is 3. The zero-order valence-corrected chi connectivity index (χ0v) is 22.1. The monoisotopic (exact) mass is 516 g/mol. The highest BCUT2D eigenvalue weighted by Crippen LogP contribution is 2.33. The van der Waals surface area contributed by atoms with Gasteiger partial charge in [-0.1, -0.05) is 66.0 Å². The molecular formula is C30H29ClN2O4. The Morgan fingerprint density at radius 2 is 1.68 bits per heavy atom. The number of hydrogen-bond donors (Lipinski definition) is 1. The maximum atomic E-state index is 13.4. The minimum absolute atomic E-state index is 0.161. The van der Waals surface area contributed by atoms with Crippen LogP contribution >= 0.6 is 11.6 Å². The summed E-state index contributed by atoms with van der Waals surface area (Å²) in [4.78, 5) is 39.8. The molecule has 1 fully saturated rings. The van der Waals surface area contributed by atoms with E-state index in [4.69, 9.17) is 16.3 Å². The summed E-state index contributed by atoms with van der Waals surface area (Å²) in [5.74, 6) is -0.870. The third-order valence-corrected chi connectivity index (χ3v) is 6.50. The van der Waals surface area contributed by atoms with Gasteiger partial charge in [0.15, 0.2) is 0 Å². The van der Waals surface area contributed by atoms with Crippen LogP contribution in [0.3, 0.4) is 0 Å². The highest BCUT2D eigenvalue weighted by atomic mass is 35.5. The number of barbiturate groups is 1. The van der Waals surface area contributed by atoms with Crippen LogP contribution in [-0.2, 0) is 22.4 Å². The fraction of sp³-hybridized carbons (Fsp3) is 0.233. The van der Waals surface area contributed by atoms with Crippen LogP contribution in [0.15, 0.2) is 60.2 Å². The molecule has 1 aliphatic rings. The molecule has 0 atom stereocenters. The summed E-state index contributed by atoms with van der Waals surface area (Å²) in [6.07, 6.45) is 2.64. The van der Waals surface area contributed by atoms with Gasteiger partial charge in [0.2, 0.25) is 0 Å². The van der Waals surface area contributed by atoms with Crippen molar-refractivity contribution in [2.75, 3.05) is 11.5 Å². The van der Waals surface area contributed by atoms with Gasteiger partial charge in [0.1, 0.15) is 11.3 Å². The van der Waals surface area contributed by atoms with Crippen LogP contribution in [0.5, 0.6) is 5.75 Å². The number of aryl methyl sites for hydroxylation is 3. The van der Waals surface area contributed by atoms with E-state index in [0.717, 1.165) is 32.7 Å². The number of urea groups is 1. The molecule has 0 bridgehead atoms. The predicted molar refractivity (Wildman–Crippen MR) is 146 cm³/mol. The second-order valence-electron chi connectivity index (χ2n) is 9.03. The van der Waals surface area contributed by atoms with Gasteiger partial charge in [0.25, 0.3) is 11.8 Å². The first-order valence-electron chi connectivity index (χ1n) is 12.2. The van der Waals surface area contributed by atoms with Crippen molar-refractivity contribution in [1.82, 2.24) is 5.32 Å². The average Bonchev–Trinajstić information content (AvgIpc) is 2.83. The Hall–Kier alpha value is -3.90. The van der Waals surface area contributed by atoms with E-state index in [9.17, 15) is 14.4 Å². The van der Waals surface area contributed by atoms with Crippen molar-refractivity contribution in [3.8, 4) is 5.75 Å². The van der Waals surface area contributed by atoms with Crippen molar-refractivity contribution in [1.29, 1.82) is 0 Å². The summed E-state index contributed by atoms with van der Waals surface area (Å²) in [5.41, 5.74) is 5.88. The highest BCUT2D eigenvalue weighted by Gasteiger charge is 2.37. The quantitative estimate of drug-likeness (QED) is 0.301. The number of anilines is 1. The molecule has 0 radical (unpaired) electrons. The maximum Gasteiger partial charge on any atom is 0.335 e. The first-order chi connectivity index (χ1) is 17.7. The topological polar surface area (TPSA) is 75.7 Å². The second kappa shape index (κ2) is 11.0. The summed E-state index contributed by atoms with van der Waals surface area (Å²) >= 11 is 6.72. The SMILES string of the molecule is CCOc1cc(/C=C2/C(=O)NC(=O)N(c3ccccc3CC)C2=O)cc(Cl)c1Cc1cc(C)cc(C)c1. The number of rotatable bonds is 7. The van der Waals surface area contributed by atoms with E-state index < -0.39 is 17.8 Å². The molecular weight excluding hydrogens is 488 g/mol. The van der Waals surface area contributed by atoms with E-state index in [1.54, 1.807) is 24.3 Å². The Kier molecular flexibility index (Phi) is 7.79. The molecule has 1 N–H and O–H groups in total. The van der Waals surface area contributed by atoms with Gasteiger partial charge < -0.3 is 4.74 Å². The third kappa shape index (κ3) is 5.59. The summed E-state index contributed by atoms with van der Waals surface area (Å²) in [7, 11) is 0. The average molecular weight is 517 g/mol. The van der Waals surface area contributed by atoms with Crippen molar-refractivity contribution in [2.24, 2.45) is 0 Å². The van der Waals surface area contributed by atoms with Crippen LogP contribution in [0.2, 0.25) is 5.02 Å². The number of benzene rings is 3. The largest absolute Gasteiger partial charge is 0.494 e. The van der Waals surface area contributed by atoms with Crippen LogP contribution in [0.25, 0.3) is 6.08 Å². The Morgan fingerprint density at radius 1 is 0.973 bits per heavy atom. The van der Waals surface area contributed by atoms with Gasteiger partial charge in [0, 0.05) is 17.0 Å². The molecule has 6 nitrogen and oxygen atoms in total. The van der Waals surface area contributed by atoms with E-state index in [2.05, 4.69) is 37.4 Å². The fourth-order valence-corrected chi connectivity index (χ4v) is 4.90. The highest BCUT2D eigenvalue weighted by molar-refractivity contribution is 6.39. The van der Waals surface area contributed by atoms with Crippen molar-refractivity contribution in [3.05, 3.63) is 98.6 Å². The van der Waals surface area contributed by atoms with Gasteiger partial charge in [-0.3, -0.25) is 14.9 Å². The number of carbonyl (C=O) groups excluding carboxylic acids is 3. The summed E-state index contributed by atoms with van der Waals surface area (Å²) in [5, 5.41) is 2.75. The van der Waals surface area contributed by atoms with Gasteiger partial charge in [-0.2, -0.15) is 0 Å². The molecule has 0 unspecified atom stereocenters. The van der Waals surface area contributed by atoms with Crippen molar-refractivity contribution < 1.29 is 19.1 Å². The number of imide groups is 2. The van der Waals surface area contributed by atoms with Crippen LogP contribution in [0.4, 0.5) is 10.5 Å². The lowest BCUT2D eigenvalue weighted by atomic mass is 9.98. The molecule has 3 aromatic rings. The molecule has 1 aliphatic heterocycles. The number of halogens is 1. The number of nitrogens with one attached hydrogen (secondary N) is 1. The smallest absolute Gasteiger partial charge is 0.335 e. The first kappa shape index (κ1) is 26.2. The molecule has 190 valence electrons. The molecule has 4 rings (SSSR count). The fourth-order valence-electron chi connectivity index (χ4n) is 4.62. The lowest BCUT2D eigenvalue weighted by molar-refractivity contribution is -0.122. The molecule has 0 spiro atoms. The lowest BCUT2D eigenvalue weighted by Gasteiger charge is -2.28. The van der Waals surface area contributed by atoms with Crippen LogP contribution < -0.4 is 15.0 Å². The van der Waals surface area contributed by atoms with Crippen molar-refractivity contribution in [2.45, 2.75) is 40.5 Å². The van der Waals surface area contributed by atoms with Gasteiger partial charge in [0.05, 0.1) is 12.3 Å². The summed E-state index contributed by atoms with van der Waals surface area (Å²) < 4.78 is 5.91. The zero-order valence-electron chi connectivity index (χ0n) is 21.4. The molecule has 0 aromatic heterocycles. The van der Waals surface area contributed by atoms with Crippen LogP contribution in [-0.4, -0.2) is 24.5 Å². The minimum Gasteiger partial charge on any atom is -0.494 e. The van der Waals surface area contributed by atoms with Gasteiger partial charge in [-0.05, 0) is 68.2 Å². The molecule has 3 aromatic carbocycles. The van der Waals surface area contributed by atoms with Crippen molar-refractivity contribution >= 4 is 41.2 Å². The van der Waals surface area contributed by atoms with E-state index in [0.29, 0.717) is 41.5 Å². The first-order valence-corrected chi connectivity index (χ1v) is 12.6. The molecule has 37 heavy (non-hydrogen) atoms.